The third-order valence-corrected chi connectivity index (χ3v) is 4.20. The highest BCUT2D eigenvalue weighted by Crippen LogP contribution is 2.26. The second kappa shape index (κ2) is 8.29. The zero-order chi connectivity index (χ0) is 16.8. The molecule has 23 heavy (non-hydrogen) atoms. The van der Waals surface area contributed by atoms with Crippen molar-refractivity contribution < 1.29 is 9.59 Å². The summed E-state index contributed by atoms with van der Waals surface area (Å²) in [5, 5.41) is 8.97. The van der Waals surface area contributed by atoms with Crippen LogP contribution in [0, 0.1) is 0 Å². The summed E-state index contributed by atoms with van der Waals surface area (Å²) in [6.45, 7) is 6.36. The summed E-state index contributed by atoms with van der Waals surface area (Å²) < 4.78 is 0. The van der Waals surface area contributed by atoms with Gasteiger partial charge in [0.25, 0.3) is 0 Å². The molecule has 1 saturated heterocycles. The van der Waals surface area contributed by atoms with E-state index in [2.05, 4.69) is 20.9 Å². The second-order valence-electron chi connectivity index (χ2n) is 5.54. The predicted molar refractivity (Wildman–Crippen MR) is 90.4 cm³/mol. The van der Waals surface area contributed by atoms with Crippen LogP contribution in [0.1, 0.15) is 25.5 Å². The summed E-state index contributed by atoms with van der Waals surface area (Å²) >= 11 is 6.09. The van der Waals surface area contributed by atoms with Gasteiger partial charge in [-0.3, -0.25) is 15.0 Å². The van der Waals surface area contributed by atoms with E-state index in [1.54, 1.807) is 6.92 Å². The molecule has 126 valence electrons. The second-order valence-corrected chi connectivity index (χ2v) is 5.97. The van der Waals surface area contributed by atoms with Gasteiger partial charge in [0.1, 0.15) is 0 Å². The fourth-order valence-electron chi connectivity index (χ4n) is 2.78. The van der Waals surface area contributed by atoms with Gasteiger partial charge in [-0.15, -0.1) is 0 Å². The Morgan fingerprint density at radius 2 is 2.26 bits per heavy atom. The molecule has 2 rings (SSSR count). The summed E-state index contributed by atoms with van der Waals surface area (Å²) in [4.78, 5) is 26.0. The molecule has 3 amide bonds. The summed E-state index contributed by atoms with van der Waals surface area (Å²) in [6.07, 6.45) is 0. The minimum Gasteiger partial charge on any atom is -0.338 e. The number of rotatable bonds is 4. The predicted octanol–water partition coefficient (Wildman–Crippen LogP) is 1.52. The number of carbonyl (C=O) groups is 2. The first-order valence-corrected chi connectivity index (χ1v) is 8.21. The smallest absolute Gasteiger partial charge is 0.321 e. The monoisotopic (exact) mass is 338 g/mol. The third kappa shape index (κ3) is 4.67. The summed E-state index contributed by atoms with van der Waals surface area (Å²) in [5.74, 6) is -0.301. The van der Waals surface area contributed by atoms with Crippen LogP contribution in [-0.4, -0.2) is 49.1 Å². The van der Waals surface area contributed by atoms with Gasteiger partial charge >= 0.3 is 6.03 Å². The van der Waals surface area contributed by atoms with Crippen LogP contribution in [0.2, 0.25) is 5.02 Å². The van der Waals surface area contributed by atoms with E-state index < -0.39 is 12.1 Å². The SMILES string of the molecule is CCNC(=O)NC(=O)C(C)N1CCNCC1c1cccc(Cl)c1. The molecule has 1 aromatic carbocycles. The highest BCUT2D eigenvalue weighted by Gasteiger charge is 2.31. The van der Waals surface area contributed by atoms with Gasteiger partial charge in [0.15, 0.2) is 0 Å². The van der Waals surface area contributed by atoms with Gasteiger partial charge < -0.3 is 10.6 Å². The van der Waals surface area contributed by atoms with Crippen LogP contribution < -0.4 is 16.0 Å². The van der Waals surface area contributed by atoms with Crippen LogP contribution in [0.4, 0.5) is 4.79 Å². The summed E-state index contributed by atoms with van der Waals surface area (Å²) in [5.41, 5.74) is 1.06. The Labute approximate surface area is 141 Å². The lowest BCUT2D eigenvalue weighted by Gasteiger charge is -2.39. The van der Waals surface area contributed by atoms with Gasteiger partial charge in [-0.1, -0.05) is 23.7 Å². The van der Waals surface area contributed by atoms with Gasteiger partial charge in [-0.05, 0) is 31.5 Å². The number of imide groups is 1. The molecule has 0 bridgehead atoms. The van der Waals surface area contributed by atoms with Crippen molar-refractivity contribution in [3.8, 4) is 0 Å². The van der Waals surface area contributed by atoms with Gasteiger partial charge in [-0.25, -0.2) is 4.79 Å². The molecule has 6 nitrogen and oxygen atoms in total. The summed E-state index contributed by atoms with van der Waals surface area (Å²) in [6, 6.07) is 6.83. The molecular weight excluding hydrogens is 316 g/mol. The first kappa shape index (κ1) is 17.7. The molecule has 2 atom stereocenters. The van der Waals surface area contributed by atoms with Crippen molar-refractivity contribution in [2.75, 3.05) is 26.2 Å². The minimum absolute atomic E-state index is 0.0393. The summed E-state index contributed by atoms with van der Waals surface area (Å²) in [7, 11) is 0. The van der Waals surface area contributed by atoms with E-state index in [1.807, 2.05) is 31.2 Å². The number of nitrogens with zero attached hydrogens (tertiary/aromatic N) is 1. The Morgan fingerprint density at radius 1 is 1.48 bits per heavy atom. The zero-order valence-corrected chi connectivity index (χ0v) is 14.2. The molecule has 7 heteroatoms. The van der Waals surface area contributed by atoms with Crippen molar-refractivity contribution in [1.82, 2.24) is 20.9 Å². The van der Waals surface area contributed by atoms with E-state index in [0.29, 0.717) is 11.6 Å². The van der Waals surface area contributed by atoms with E-state index in [0.717, 1.165) is 25.2 Å². The third-order valence-electron chi connectivity index (χ3n) is 3.97. The fraction of sp³-hybridized carbons (Fsp3) is 0.500. The fourth-order valence-corrected chi connectivity index (χ4v) is 2.98. The highest BCUT2D eigenvalue weighted by molar-refractivity contribution is 6.30. The van der Waals surface area contributed by atoms with Crippen molar-refractivity contribution in [2.24, 2.45) is 0 Å². The number of amides is 3. The molecule has 3 N–H and O–H groups in total. The Morgan fingerprint density at radius 3 is 2.96 bits per heavy atom. The van der Waals surface area contributed by atoms with Crippen LogP contribution in [0.5, 0.6) is 0 Å². The largest absolute Gasteiger partial charge is 0.338 e. The molecule has 1 fully saturated rings. The average Bonchev–Trinajstić information content (AvgIpc) is 2.54. The van der Waals surface area contributed by atoms with Crippen molar-refractivity contribution in [1.29, 1.82) is 0 Å². The van der Waals surface area contributed by atoms with E-state index in [9.17, 15) is 9.59 Å². The first-order valence-electron chi connectivity index (χ1n) is 7.83. The average molecular weight is 339 g/mol. The molecule has 0 saturated carbocycles. The Hall–Kier alpha value is -1.63. The quantitative estimate of drug-likeness (QED) is 0.778. The molecule has 0 radical (unpaired) electrons. The van der Waals surface area contributed by atoms with Gasteiger partial charge in [-0.2, -0.15) is 0 Å². The van der Waals surface area contributed by atoms with Crippen LogP contribution >= 0.6 is 11.6 Å². The maximum atomic E-state index is 12.3. The minimum atomic E-state index is -0.459. The Bertz CT molecular complexity index is 567. The first-order chi connectivity index (χ1) is 11.0. The Kier molecular flexibility index (Phi) is 6.38. The topological polar surface area (TPSA) is 73.5 Å². The van der Waals surface area contributed by atoms with Crippen LogP contribution in [-0.2, 0) is 4.79 Å². The highest BCUT2D eigenvalue weighted by atomic mass is 35.5. The molecule has 1 aromatic rings. The van der Waals surface area contributed by atoms with E-state index in [-0.39, 0.29) is 11.9 Å². The standard InChI is InChI=1S/C16H23ClN4O2/c1-3-19-16(23)20-15(22)11(2)21-8-7-18-10-14(21)12-5-4-6-13(17)9-12/h4-6,9,11,14,18H,3,7-8,10H2,1-2H3,(H2,19,20,22,23). The molecule has 0 aromatic heterocycles. The van der Waals surface area contributed by atoms with E-state index in [4.69, 9.17) is 11.6 Å². The molecule has 0 spiro atoms. The van der Waals surface area contributed by atoms with Crippen LogP contribution in [0.15, 0.2) is 24.3 Å². The maximum absolute atomic E-state index is 12.3. The lowest BCUT2D eigenvalue weighted by molar-refractivity contribution is -0.126. The number of hydrogen-bond acceptors (Lipinski definition) is 4. The number of halogens is 1. The van der Waals surface area contributed by atoms with Crippen LogP contribution in [0.25, 0.3) is 0 Å². The van der Waals surface area contributed by atoms with E-state index >= 15 is 0 Å². The molecule has 2 unspecified atom stereocenters. The maximum Gasteiger partial charge on any atom is 0.321 e. The number of benzene rings is 1. The lowest BCUT2D eigenvalue weighted by atomic mass is 10.0. The molecule has 1 aliphatic heterocycles. The Balaban J connectivity index is 2.11. The normalized spacial score (nSPS) is 19.9. The molecular formula is C16H23ClN4O2. The van der Waals surface area contributed by atoms with Gasteiger partial charge in [0, 0.05) is 37.2 Å². The number of carbonyl (C=O) groups excluding carboxylic acids is 2. The van der Waals surface area contributed by atoms with Gasteiger partial charge in [0.05, 0.1) is 6.04 Å². The number of hydrogen-bond donors (Lipinski definition) is 3. The zero-order valence-electron chi connectivity index (χ0n) is 13.4. The number of piperazine rings is 1. The number of nitrogens with one attached hydrogen (secondary N) is 3. The van der Waals surface area contributed by atoms with Gasteiger partial charge in [0.2, 0.25) is 5.91 Å². The molecule has 1 heterocycles. The molecule has 0 aliphatic carbocycles. The molecule has 1 aliphatic rings. The van der Waals surface area contributed by atoms with Crippen molar-refractivity contribution >= 4 is 23.5 Å². The van der Waals surface area contributed by atoms with E-state index in [1.165, 1.54) is 0 Å². The van der Waals surface area contributed by atoms with Crippen molar-refractivity contribution in [3.63, 3.8) is 0 Å². The van der Waals surface area contributed by atoms with Crippen molar-refractivity contribution in [3.05, 3.63) is 34.9 Å². The van der Waals surface area contributed by atoms with Crippen LogP contribution in [0.3, 0.4) is 0 Å². The number of urea groups is 1. The van der Waals surface area contributed by atoms with Crippen molar-refractivity contribution in [2.45, 2.75) is 25.9 Å². The lowest BCUT2D eigenvalue weighted by Crippen LogP contribution is -2.55.